The lowest BCUT2D eigenvalue weighted by atomic mass is 9.99. The Morgan fingerprint density at radius 1 is 1.33 bits per heavy atom. The Kier molecular flexibility index (Phi) is 6.34. The molecule has 3 nitrogen and oxygen atoms in total. The molecule has 74 valence electrons. The van der Waals surface area contributed by atoms with Crippen LogP contribution >= 0.6 is 0 Å². The summed E-state index contributed by atoms with van der Waals surface area (Å²) < 4.78 is 5.13. The van der Waals surface area contributed by atoms with Crippen LogP contribution in [0.4, 0.5) is 0 Å². The van der Waals surface area contributed by atoms with E-state index in [2.05, 4.69) is 6.92 Å². The van der Waals surface area contributed by atoms with Gasteiger partial charge in [-0.05, 0) is 12.3 Å². The van der Waals surface area contributed by atoms with Crippen molar-refractivity contribution in [3.63, 3.8) is 0 Å². The summed E-state index contributed by atoms with van der Waals surface area (Å²) in [4.78, 5) is 0. The Morgan fingerprint density at radius 2 is 1.92 bits per heavy atom. The van der Waals surface area contributed by atoms with E-state index in [1.165, 1.54) is 5.06 Å². The van der Waals surface area contributed by atoms with Crippen molar-refractivity contribution in [3.8, 4) is 0 Å². The summed E-state index contributed by atoms with van der Waals surface area (Å²) >= 11 is 0. The third-order valence-electron chi connectivity index (χ3n) is 1.94. The van der Waals surface area contributed by atoms with Crippen LogP contribution in [0.1, 0.15) is 27.2 Å². The number of ether oxygens (including phenoxy) is 1. The number of hydrogen-bond acceptors (Lipinski definition) is 3. The second kappa shape index (κ2) is 6.40. The van der Waals surface area contributed by atoms with Gasteiger partial charge >= 0.3 is 0 Å². The molecule has 0 bridgehead atoms. The van der Waals surface area contributed by atoms with E-state index in [4.69, 9.17) is 9.94 Å². The topological polar surface area (TPSA) is 32.7 Å². The van der Waals surface area contributed by atoms with E-state index in [0.29, 0.717) is 12.5 Å². The molecule has 0 radical (unpaired) electrons. The van der Waals surface area contributed by atoms with E-state index in [0.717, 1.165) is 13.0 Å². The Bertz CT molecular complexity index is 98.7. The molecular formula is C9H21NO2. The first kappa shape index (κ1) is 11.9. The van der Waals surface area contributed by atoms with Crippen molar-refractivity contribution in [1.82, 2.24) is 5.06 Å². The highest BCUT2D eigenvalue weighted by Gasteiger charge is 2.22. The molecule has 0 amide bonds. The molecule has 0 aromatic rings. The fourth-order valence-electron chi connectivity index (χ4n) is 1.44. The third-order valence-corrected chi connectivity index (χ3v) is 1.94. The molecule has 0 spiro atoms. The minimum atomic E-state index is 0.216. The predicted molar refractivity (Wildman–Crippen MR) is 49.3 cm³/mol. The van der Waals surface area contributed by atoms with Crippen molar-refractivity contribution >= 4 is 0 Å². The quantitative estimate of drug-likeness (QED) is 0.659. The van der Waals surface area contributed by atoms with Gasteiger partial charge in [-0.3, -0.25) is 0 Å². The zero-order valence-electron chi connectivity index (χ0n) is 8.58. The van der Waals surface area contributed by atoms with Gasteiger partial charge in [-0.15, -0.1) is 0 Å². The van der Waals surface area contributed by atoms with E-state index in [1.54, 1.807) is 7.11 Å². The normalized spacial score (nSPS) is 30.8. The molecule has 2 atom stereocenters. The second-order valence-electron chi connectivity index (χ2n) is 3.07. The zero-order chi connectivity index (χ0) is 9.56. The molecule has 1 rings (SSSR count). The van der Waals surface area contributed by atoms with Gasteiger partial charge in [0.25, 0.3) is 0 Å². The van der Waals surface area contributed by atoms with Crippen molar-refractivity contribution in [2.75, 3.05) is 20.2 Å². The Labute approximate surface area is 75.3 Å². The van der Waals surface area contributed by atoms with E-state index in [-0.39, 0.29) is 6.10 Å². The van der Waals surface area contributed by atoms with Crippen LogP contribution in [-0.2, 0) is 4.74 Å². The van der Waals surface area contributed by atoms with Gasteiger partial charge in [0, 0.05) is 13.7 Å². The fourth-order valence-corrected chi connectivity index (χ4v) is 1.44. The van der Waals surface area contributed by atoms with Gasteiger partial charge in [-0.2, -0.15) is 5.06 Å². The summed E-state index contributed by atoms with van der Waals surface area (Å²) in [6.45, 7) is 7.55. The average molecular weight is 175 g/mol. The van der Waals surface area contributed by atoms with Gasteiger partial charge in [0.15, 0.2) is 0 Å². The minimum absolute atomic E-state index is 0.216. The minimum Gasteiger partial charge on any atom is -0.380 e. The summed E-state index contributed by atoms with van der Waals surface area (Å²) in [7, 11) is 1.69. The van der Waals surface area contributed by atoms with Crippen LogP contribution in [0.15, 0.2) is 0 Å². The first-order valence-electron chi connectivity index (χ1n) is 4.69. The van der Waals surface area contributed by atoms with Crippen LogP contribution in [0, 0.1) is 5.92 Å². The maximum absolute atomic E-state index is 9.13. The van der Waals surface area contributed by atoms with Crippen LogP contribution in [0.25, 0.3) is 0 Å². The molecule has 1 aliphatic heterocycles. The Morgan fingerprint density at radius 3 is 2.33 bits per heavy atom. The molecule has 1 saturated heterocycles. The lowest BCUT2D eigenvalue weighted by Gasteiger charge is -2.31. The largest absolute Gasteiger partial charge is 0.380 e. The first-order chi connectivity index (χ1) is 5.72. The fraction of sp³-hybridized carbons (Fsp3) is 1.00. The lowest BCUT2D eigenvalue weighted by Crippen LogP contribution is -2.40. The van der Waals surface area contributed by atoms with E-state index in [1.807, 2.05) is 13.8 Å². The molecule has 1 heterocycles. The molecule has 1 aliphatic rings. The van der Waals surface area contributed by atoms with Gasteiger partial charge in [-0.1, -0.05) is 20.8 Å². The number of hydrogen-bond donors (Lipinski definition) is 1. The van der Waals surface area contributed by atoms with Crippen LogP contribution < -0.4 is 0 Å². The van der Waals surface area contributed by atoms with Crippen molar-refractivity contribution < 1.29 is 9.94 Å². The van der Waals surface area contributed by atoms with Gasteiger partial charge in [0.2, 0.25) is 0 Å². The lowest BCUT2D eigenvalue weighted by molar-refractivity contribution is -0.150. The molecule has 0 aromatic carbocycles. The van der Waals surface area contributed by atoms with Gasteiger partial charge in [0.1, 0.15) is 0 Å². The monoisotopic (exact) mass is 175 g/mol. The number of methoxy groups -OCH3 is 1. The van der Waals surface area contributed by atoms with Crippen molar-refractivity contribution in [2.45, 2.75) is 33.3 Å². The van der Waals surface area contributed by atoms with Crippen molar-refractivity contribution in [2.24, 2.45) is 5.92 Å². The maximum Gasteiger partial charge on any atom is 0.0724 e. The van der Waals surface area contributed by atoms with Gasteiger partial charge in [-0.25, -0.2) is 0 Å². The Hall–Kier alpha value is -0.120. The summed E-state index contributed by atoms with van der Waals surface area (Å²) in [5.74, 6) is 0.545. The van der Waals surface area contributed by atoms with Crippen LogP contribution in [0.2, 0.25) is 0 Å². The highest BCUT2D eigenvalue weighted by molar-refractivity contribution is 4.72. The highest BCUT2D eigenvalue weighted by atomic mass is 16.5. The second-order valence-corrected chi connectivity index (χ2v) is 3.07. The molecule has 0 aliphatic carbocycles. The molecular weight excluding hydrogens is 154 g/mol. The number of piperidine rings is 1. The molecule has 0 aromatic heterocycles. The number of rotatable bonds is 1. The smallest absolute Gasteiger partial charge is 0.0724 e. The number of hydroxylamine groups is 2. The predicted octanol–water partition coefficient (Wildman–Crippen LogP) is 1.76. The van der Waals surface area contributed by atoms with Crippen molar-refractivity contribution in [3.05, 3.63) is 0 Å². The number of nitrogens with zero attached hydrogens (tertiary/aromatic N) is 1. The summed E-state index contributed by atoms with van der Waals surface area (Å²) in [6.07, 6.45) is 1.28. The third kappa shape index (κ3) is 4.04. The standard InChI is InChI=1S/C7H15NO2.C2H6/c1-6-3-7(10-2)5-8(9)4-6;1-2/h6-7,9H,3-5H2,1-2H3;1-2H3. The SMILES string of the molecule is CC.COC1CC(C)CN(O)C1. The van der Waals surface area contributed by atoms with Crippen LogP contribution in [0.5, 0.6) is 0 Å². The van der Waals surface area contributed by atoms with E-state index < -0.39 is 0 Å². The van der Waals surface area contributed by atoms with Gasteiger partial charge < -0.3 is 9.94 Å². The molecule has 1 N–H and O–H groups in total. The Balaban J connectivity index is 0.000000561. The van der Waals surface area contributed by atoms with Crippen LogP contribution in [0.3, 0.4) is 0 Å². The maximum atomic E-state index is 9.13. The summed E-state index contributed by atoms with van der Waals surface area (Å²) in [5, 5.41) is 10.5. The van der Waals surface area contributed by atoms with Crippen molar-refractivity contribution in [1.29, 1.82) is 0 Å². The summed E-state index contributed by atoms with van der Waals surface area (Å²) in [5.41, 5.74) is 0. The van der Waals surface area contributed by atoms with E-state index in [9.17, 15) is 0 Å². The van der Waals surface area contributed by atoms with Gasteiger partial charge in [0.05, 0.1) is 12.6 Å². The first-order valence-corrected chi connectivity index (χ1v) is 4.69. The zero-order valence-corrected chi connectivity index (χ0v) is 8.58. The average Bonchev–Trinajstić information content (AvgIpc) is 2.06. The molecule has 1 fully saturated rings. The van der Waals surface area contributed by atoms with E-state index >= 15 is 0 Å². The molecule has 2 unspecified atom stereocenters. The molecule has 0 saturated carbocycles. The molecule has 3 heteroatoms. The highest BCUT2D eigenvalue weighted by Crippen LogP contribution is 2.16. The molecule has 12 heavy (non-hydrogen) atoms. The summed E-state index contributed by atoms with van der Waals surface area (Å²) in [6, 6.07) is 0. The van der Waals surface area contributed by atoms with Crippen LogP contribution in [-0.4, -0.2) is 36.6 Å².